The van der Waals surface area contributed by atoms with E-state index in [9.17, 15) is 8.78 Å². The number of nitrogens with two attached hydrogens (primary N) is 1. The van der Waals surface area contributed by atoms with Crippen LogP contribution in [0.4, 0.5) is 20.2 Å². The molecule has 6 heteroatoms. The van der Waals surface area contributed by atoms with Crippen LogP contribution in [0.25, 0.3) is 0 Å². The number of amidine groups is 1. The van der Waals surface area contributed by atoms with Crippen molar-refractivity contribution in [3.8, 4) is 0 Å². The predicted octanol–water partition coefficient (Wildman–Crippen LogP) is 4.63. The molecule has 0 amide bonds. The second-order valence-electron chi connectivity index (χ2n) is 7.83. The minimum atomic E-state index is -1.02. The number of benzene rings is 2. The largest absolute Gasteiger partial charge is 0.368 e. The molecule has 4 nitrogen and oxygen atoms in total. The van der Waals surface area contributed by atoms with Crippen LogP contribution in [0.15, 0.2) is 47.5 Å². The highest BCUT2D eigenvalue weighted by Crippen LogP contribution is 2.33. The lowest BCUT2D eigenvalue weighted by atomic mass is 9.95. The summed E-state index contributed by atoms with van der Waals surface area (Å²) in [6.45, 7) is 0. The number of anilines is 1. The van der Waals surface area contributed by atoms with Crippen molar-refractivity contribution in [2.75, 3.05) is 5.32 Å². The summed E-state index contributed by atoms with van der Waals surface area (Å²) >= 11 is 0. The molecule has 2 aromatic rings. The Morgan fingerprint density at radius 1 is 1.04 bits per heavy atom. The van der Waals surface area contributed by atoms with Crippen LogP contribution in [0.5, 0.6) is 0 Å². The first-order chi connectivity index (χ1) is 13.5. The maximum Gasteiger partial charge on any atom is 0.159 e. The second-order valence-corrected chi connectivity index (χ2v) is 7.83. The van der Waals surface area contributed by atoms with E-state index in [1.54, 1.807) is 6.07 Å². The highest BCUT2D eigenvalue weighted by Gasteiger charge is 2.37. The number of nitrogens with zero attached hydrogens (tertiary/aromatic N) is 1. The third-order valence-electron chi connectivity index (χ3n) is 5.58. The summed E-state index contributed by atoms with van der Waals surface area (Å²) in [7, 11) is 0. The minimum Gasteiger partial charge on any atom is -0.368 e. The third kappa shape index (κ3) is 4.02. The average molecular weight is 384 g/mol. The molecule has 148 valence electrons. The number of fused-ring (bicyclic) bond motifs is 1. The summed E-state index contributed by atoms with van der Waals surface area (Å²) in [6, 6.07) is 12.0. The van der Waals surface area contributed by atoms with Gasteiger partial charge in [-0.05, 0) is 42.7 Å². The summed E-state index contributed by atoms with van der Waals surface area (Å²) in [5, 5.41) is 6.95. The van der Waals surface area contributed by atoms with Crippen LogP contribution in [-0.4, -0.2) is 17.5 Å². The molecule has 0 radical (unpaired) electrons. The smallest absolute Gasteiger partial charge is 0.159 e. The fraction of sp³-hybridized carbons (Fsp3) is 0.409. The van der Waals surface area contributed by atoms with E-state index in [1.807, 2.05) is 24.3 Å². The number of aliphatic imine (C=N–C) groups is 1. The number of hydrogen-bond acceptors (Lipinski definition) is 4. The molecule has 0 spiro atoms. The van der Waals surface area contributed by atoms with Gasteiger partial charge in [0, 0.05) is 12.5 Å². The molecular weight excluding hydrogens is 358 g/mol. The Bertz CT molecular complexity index is 875. The normalized spacial score (nSPS) is 22.6. The maximum atomic E-state index is 13.7. The molecule has 1 fully saturated rings. The quantitative estimate of drug-likeness (QED) is 0.676. The van der Waals surface area contributed by atoms with E-state index < -0.39 is 17.3 Å². The van der Waals surface area contributed by atoms with Crippen LogP contribution >= 0.6 is 0 Å². The number of para-hydroxylation sites is 2. The monoisotopic (exact) mass is 384 g/mol. The molecule has 1 unspecified atom stereocenters. The summed E-state index contributed by atoms with van der Waals surface area (Å²) in [6.07, 6.45) is 7.36. The number of nitrogens with one attached hydrogen (secondary N) is 2. The van der Waals surface area contributed by atoms with Crippen molar-refractivity contribution in [1.29, 1.82) is 0 Å². The van der Waals surface area contributed by atoms with Crippen molar-refractivity contribution in [3.05, 3.63) is 59.7 Å². The van der Waals surface area contributed by atoms with Gasteiger partial charge in [-0.25, -0.2) is 13.8 Å². The molecule has 2 aromatic carbocycles. The lowest BCUT2D eigenvalue weighted by Gasteiger charge is -2.38. The van der Waals surface area contributed by atoms with Crippen molar-refractivity contribution < 1.29 is 8.78 Å². The Morgan fingerprint density at radius 2 is 1.79 bits per heavy atom. The average Bonchev–Trinajstić information content (AvgIpc) is 2.94. The van der Waals surface area contributed by atoms with Crippen molar-refractivity contribution in [3.63, 3.8) is 0 Å². The first-order valence-corrected chi connectivity index (χ1v) is 9.99. The standard InChI is InChI=1S/C22H26F2N4/c23-17-12-11-15(13-18(17)24)14-22(25)21(26-16-7-3-1-2-4-8-16)27-19-9-5-6-10-20(19)28-22/h5-6,9-13,16,28H,1-4,7-8,14,25H2,(H,26,27). The number of halogens is 2. The fourth-order valence-corrected chi connectivity index (χ4v) is 4.07. The summed E-state index contributed by atoms with van der Waals surface area (Å²) < 4.78 is 27.1. The van der Waals surface area contributed by atoms with Gasteiger partial charge in [-0.15, -0.1) is 0 Å². The van der Waals surface area contributed by atoms with E-state index >= 15 is 0 Å². The van der Waals surface area contributed by atoms with Crippen molar-refractivity contribution in [2.24, 2.45) is 10.7 Å². The molecule has 1 aliphatic heterocycles. The van der Waals surface area contributed by atoms with Gasteiger partial charge in [0.15, 0.2) is 11.6 Å². The fourth-order valence-electron chi connectivity index (χ4n) is 4.07. The van der Waals surface area contributed by atoms with Gasteiger partial charge in [0.2, 0.25) is 0 Å². The van der Waals surface area contributed by atoms with E-state index in [-0.39, 0.29) is 6.42 Å². The van der Waals surface area contributed by atoms with Crippen LogP contribution in [0.3, 0.4) is 0 Å². The molecule has 1 aliphatic carbocycles. The first-order valence-electron chi connectivity index (χ1n) is 9.99. The highest BCUT2D eigenvalue weighted by molar-refractivity contribution is 6.00. The van der Waals surface area contributed by atoms with E-state index in [0.29, 0.717) is 17.4 Å². The summed E-state index contributed by atoms with van der Waals surface area (Å²) in [5.74, 6) is -1.07. The molecule has 2 aliphatic rings. The first kappa shape index (κ1) is 18.9. The molecule has 1 atom stereocenters. The van der Waals surface area contributed by atoms with Crippen LogP contribution in [-0.2, 0) is 6.42 Å². The van der Waals surface area contributed by atoms with Gasteiger partial charge >= 0.3 is 0 Å². The summed E-state index contributed by atoms with van der Waals surface area (Å²) in [4.78, 5) is 4.81. The SMILES string of the molecule is NC1(Cc2ccc(F)c(F)c2)Nc2ccccc2N=C1NC1CCCCCC1. The lowest BCUT2D eigenvalue weighted by molar-refractivity contribution is 0.497. The van der Waals surface area contributed by atoms with Crippen LogP contribution < -0.4 is 16.4 Å². The Kier molecular flexibility index (Phi) is 5.31. The van der Waals surface area contributed by atoms with E-state index in [1.165, 1.54) is 31.7 Å². The van der Waals surface area contributed by atoms with Gasteiger partial charge in [0.25, 0.3) is 0 Å². The molecule has 0 bridgehead atoms. The van der Waals surface area contributed by atoms with Gasteiger partial charge in [-0.3, -0.25) is 0 Å². The zero-order chi connectivity index (χ0) is 19.6. The molecular formula is C22H26F2N4. The molecule has 1 heterocycles. The van der Waals surface area contributed by atoms with E-state index in [4.69, 9.17) is 10.7 Å². The Labute approximate surface area is 164 Å². The minimum absolute atomic E-state index is 0.289. The van der Waals surface area contributed by atoms with Crippen molar-refractivity contribution >= 4 is 17.2 Å². The van der Waals surface area contributed by atoms with Crippen molar-refractivity contribution in [1.82, 2.24) is 5.32 Å². The van der Waals surface area contributed by atoms with Crippen LogP contribution in [0.2, 0.25) is 0 Å². The van der Waals surface area contributed by atoms with E-state index in [2.05, 4.69) is 10.6 Å². The second kappa shape index (κ2) is 7.87. The van der Waals surface area contributed by atoms with Gasteiger partial charge in [0.05, 0.1) is 11.4 Å². The zero-order valence-electron chi connectivity index (χ0n) is 15.8. The van der Waals surface area contributed by atoms with Gasteiger partial charge < -0.3 is 16.4 Å². The summed E-state index contributed by atoms with van der Waals surface area (Å²) in [5.41, 5.74) is 8.02. The molecule has 4 rings (SSSR count). The van der Waals surface area contributed by atoms with E-state index in [0.717, 1.165) is 30.3 Å². The lowest BCUT2D eigenvalue weighted by Crippen LogP contribution is -2.63. The zero-order valence-corrected chi connectivity index (χ0v) is 15.8. The maximum absolute atomic E-state index is 13.7. The number of hydrogen-bond donors (Lipinski definition) is 3. The van der Waals surface area contributed by atoms with Crippen LogP contribution in [0, 0.1) is 11.6 Å². The molecule has 4 N–H and O–H groups in total. The predicted molar refractivity (Wildman–Crippen MR) is 109 cm³/mol. The molecule has 0 saturated heterocycles. The Morgan fingerprint density at radius 3 is 2.54 bits per heavy atom. The Hall–Kier alpha value is -2.47. The number of rotatable bonds is 3. The highest BCUT2D eigenvalue weighted by atomic mass is 19.2. The molecule has 0 aromatic heterocycles. The topological polar surface area (TPSA) is 62.4 Å². The molecule has 1 saturated carbocycles. The van der Waals surface area contributed by atoms with Gasteiger partial charge in [-0.1, -0.05) is 43.9 Å². The van der Waals surface area contributed by atoms with Gasteiger partial charge in [0.1, 0.15) is 11.5 Å². The van der Waals surface area contributed by atoms with Gasteiger partial charge in [-0.2, -0.15) is 0 Å². The third-order valence-corrected chi connectivity index (χ3v) is 5.58. The Balaban J connectivity index is 1.65. The molecule has 28 heavy (non-hydrogen) atoms. The van der Waals surface area contributed by atoms with Crippen LogP contribution in [0.1, 0.15) is 44.1 Å². The van der Waals surface area contributed by atoms with Crippen molar-refractivity contribution in [2.45, 2.75) is 56.7 Å².